The number of carbonyl (C=O) groups is 1. The summed E-state index contributed by atoms with van der Waals surface area (Å²) in [6, 6.07) is 0.0706. The van der Waals surface area contributed by atoms with Crippen LogP contribution in [0.2, 0.25) is 0 Å². The van der Waals surface area contributed by atoms with Gasteiger partial charge in [0.25, 0.3) is 0 Å². The summed E-state index contributed by atoms with van der Waals surface area (Å²) in [5, 5.41) is 2.86. The molecule has 2 amide bonds. The Bertz CT molecular complexity index is 177. The SMILES string of the molecule is CCCNC(=O)N1CC=CCC1. The van der Waals surface area contributed by atoms with Crippen LogP contribution in [0.1, 0.15) is 19.8 Å². The Hall–Kier alpha value is -0.990. The van der Waals surface area contributed by atoms with E-state index in [1.807, 2.05) is 11.0 Å². The summed E-state index contributed by atoms with van der Waals surface area (Å²) in [5.41, 5.74) is 0. The average Bonchev–Trinajstić information content (AvgIpc) is 2.15. The van der Waals surface area contributed by atoms with Crippen molar-refractivity contribution in [2.24, 2.45) is 0 Å². The number of hydrogen-bond acceptors (Lipinski definition) is 1. The van der Waals surface area contributed by atoms with E-state index in [9.17, 15) is 4.79 Å². The molecule has 12 heavy (non-hydrogen) atoms. The highest BCUT2D eigenvalue weighted by atomic mass is 16.2. The van der Waals surface area contributed by atoms with Crippen LogP contribution in [0, 0.1) is 0 Å². The molecule has 0 unspecified atom stereocenters. The van der Waals surface area contributed by atoms with Crippen molar-refractivity contribution < 1.29 is 4.79 Å². The standard InChI is InChI=1S/C9H16N2O/c1-2-6-10-9(12)11-7-4-3-5-8-11/h3-4H,2,5-8H2,1H3,(H,10,12). The molecule has 1 rings (SSSR count). The van der Waals surface area contributed by atoms with Crippen LogP contribution in [0.5, 0.6) is 0 Å². The average molecular weight is 168 g/mol. The van der Waals surface area contributed by atoms with Crippen LogP contribution in [-0.2, 0) is 0 Å². The first-order chi connectivity index (χ1) is 5.84. The molecule has 1 aliphatic rings. The van der Waals surface area contributed by atoms with Gasteiger partial charge < -0.3 is 10.2 Å². The minimum absolute atomic E-state index is 0.0706. The molecule has 3 heteroatoms. The molecule has 0 fully saturated rings. The van der Waals surface area contributed by atoms with Gasteiger partial charge in [0.15, 0.2) is 0 Å². The molecule has 3 nitrogen and oxygen atoms in total. The number of amides is 2. The lowest BCUT2D eigenvalue weighted by atomic mass is 10.3. The number of nitrogens with zero attached hydrogens (tertiary/aromatic N) is 1. The Morgan fingerprint density at radius 3 is 3.00 bits per heavy atom. The van der Waals surface area contributed by atoms with Gasteiger partial charge in [0.2, 0.25) is 0 Å². The van der Waals surface area contributed by atoms with Crippen LogP contribution < -0.4 is 5.32 Å². The smallest absolute Gasteiger partial charge is 0.317 e. The summed E-state index contributed by atoms with van der Waals surface area (Å²) in [7, 11) is 0. The maximum absolute atomic E-state index is 11.3. The van der Waals surface area contributed by atoms with E-state index in [0.717, 1.165) is 32.5 Å². The first-order valence-electron chi connectivity index (χ1n) is 4.52. The summed E-state index contributed by atoms with van der Waals surface area (Å²) < 4.78 is 0. The molecule has 0 radical (unpaired) electrons. The van der Waals surface area contributed by atoms with Gasteiger partial charge in [-0.15, -0.1) is 0 Å². The quantitative estimate of drug-likeness (QED) is 0.620. The largest absolute Gasteiger partial charge is 0.338 e. The molecular formula is C9H16N2O. The zero-order chi connectivity index (χ0) is 8.81. The molecule has 0 bridgehead atoms. The van der Waals surface area contributed by atoms with Gasteiger partial charge in [-0.25, -0.2) is 4.79 Å². The maximum Gasteiger partial charge on any atom is 0.317 e. The zero-order valence-electron chi connectivity index (χ0n) is 7.55. The van der Waals surface area contributed by atoms with Crippen molar-refractivity contribution in [3.8, 4) is 0 Å². The molecule has 0 aliphatic carbocycles. The van der Waals surface area contributed by atoms with Crippen LogP contribution in [0.15, 0.2) is 12.2 Å². The number of hydrogen-bond donors (Lipinski definition) is 1. The summed E-state index contributed by atoms with van der Waals surface area (Å²) in [6.07, 6.45) is 6.13. The Kier molecular flexibility index (Phi) is 3.64. The molecule has 68 valence electrons. The Labute approximate surface area is 73.4 Å². The first kappa shape index (κ1) is 9.10. The topological polar surface area (TPSA) is 32.3 Å². The maximum atomic E-state index is 11.3. The number of urea groups is 1. The molecule has 0 spiro atoms. The van der Waals surface area contributed by atoms with E-state index in [0.29, 0.717) is 0 Å². The summed E-state index contributed by atoms with van der Waals surface area (Å²) in [4.78, 5) is 13.2. The van der Waals surface area contributed by atoms with Gasteiger partial charge in [0.05, 0.1) is 0 Å². The van der Waals surface area contributed by atoms with Crippen LogP contribution in [0.25, 0.3) is 0 Å². The van der Waals surface area contributed by atoms with Crippen molar-refractivity contribution >= 4 is 6.03 Å². The van der Waals surface area contributed by atoms with Crippen molar-refractivity contribution in [3.63, 3.8) is 0 Å². The molecule has 0 saturated heterocycles. The summed E-state index contributed by atoms with van der Waals surface area (Å²) in [5.74, 6) is 0. The van der Waals surface area contributed by atoms with Gasteiger partial charge in [-0.05, 0) is 12.8 Å². The number of carbonyl (C=O) groups excluding carboxylic acids is 1. The Balaban J connectivity index is 2.26. The lowest BCUT2D eigenvalue weighted by Gasteiger charge is -2.23. The highest BCUT2D eigenvalue weighted by Gasteiger charge is 2.11. The van der Waals surface area contributed by atoms with Gasteiger partial charge in [-0.2, -0.15) is 0 Å². The molecule has 0 aromatic rings. The van der Waals surface area contributed by atoms with Gasteiger partial charge in [-0.3, -0.25) is 0 Å². The van der Waals surface area contributed by atoms with E-state index in [1.165, 1.54) is 0 Å². The second-order valence-corrected chi connectivity index (χ2v) is 2.94. The van der Waals surface area contributed by atoms with Crippen molar-refractivity contribution in [3.05, 3.63) is 12.2 Å². The minimum Gasteiger partial charge on any atom is -0.338 e. The molecular weight excluding hydrogens is 152 g/mol. The highest BCUT2D eigenvalue weighted by molar-refractivity contribution is 5.74. The number of nitrogens with one attached hydrogen (secondary N) is 1. The molecule has 0 atom stereocenters. The molecule has 0 saturated carbocycles. The Morgan fingerprint density at radius 1 is 1.58 bits per heavy atom. The van der Waals surface area contributed by atoms with Gasteiger partial charge >= 0.3 is 6.03 Å². The normalized spacial score (nSPS) is 16.2. The monoisotopic (exact) mass is 168 g/mol. The second kappa shape index (κ2) is 4.80. The minimum atomic E-state index is 0.0706. The molecule has 1 heterocycles. The predicted molar refractivity (Wildman–Crippen MR) is 49.0 cm³/mol. The Morgan fingerprint density at radius 2 is 2.42 bits per heavy atom. The van der Waals surface area contributed by atoms with Crippen LogP contribution >= 0.6 is 0 Å². The summed E-state index contributed by atoms with van der Waals surface area (Å²) in [6.45, 7) is 4.44. The van der Waals surface area contributed by atoms with E-state index < -0.39 is 0 Å². The van der Waals surface area contributed by atoms with E-state index in [2.05, 4.69) is 18.3 Å². The van der Waals surface area contributed by atoms with Crippen molar-refractivity contribution in [2.45, 2.75) is 19.8 Å². The third-order valence-electron chi connectivity index (χ3n) is 1.87. The zero-order valence-corrected chi connectivity index (χ0v) is 7.55. The predicted octanol–water partition coefficient (Wildman–Crippen LogP) is 1.37. The lowest BCUT2D eigenvalue weighted by molar-refractivity contribution is 0.202. The van der Waals surface area contributed by atoms with Crippen molar-refractivity contribution in [1.29, 1.82) is 0 Å². The van der Waals surface area contributed by atoms with Gasteiger partial charge in [0, 0.05) is 19.6 Å². The first-order valence-corrected chi connectivity index (χ1v) is 4.52. The van der Waals surface area contributed by atoms with Crippen LogP contribution in [0.3, 0.4) is 0 Å². The van der Waals surface area contributed by atoms with E-state index in [4.69, 9.17) is 0 Å². The van der Waals surface area contributed by atoms with Crippen LogP contribution in [-0.4, -0.2) is 30.6 Å². The van der Waals surface area contributed by atoms with Gasteiger partial charge in [-0.1, -0.05) is 19.1 Å². The highest BCUT2D eigenvalue weighted by Crippen LogP contribution is 2.00. The fourth-order valence-corrected chi connectivity index (χ4v) is 1.17. The molecule has 1 N–H and O–H groups in total. The lowest BCUT2D eigenvalue weighted by Crippen LogP contribution is -2.41. The molecule has 0 aromatic heterocycles. The van der Waals surface area contributed by atoms with Crippen molar-refractivity contribution in [1.82, 2.24) is 10.2 Å². The fraction of sp³-hybridized carbons (Fsp3) is 0.667. The van der Waals surface area contributed by atoms with E-state index in [1.54, 1.807) is 0 Å². The number of rotatable bonds is 2. The third-order valence-corrected chi connectivity index (χ3v) is 1.87. The second-order valence-electron chi connectivity index (χ2n) is 2.94. The van der Waals surface area contributed by atoms with E-state index in [-0.39, 0.29) is 6.03 Å². The van der Waals surface area contributed by atoms with Crippen molar-refractivity contribution in [2.75, 3.05) is 19.6 Å². The van der Waals surface area contributed by atoms with Crippen LogP contribution in [0.4, 0.5) is 4.79 Å². The third kappa shape index (κ3) is 2.57. The molecule has 1 aliphatic heterocycles. The van der Waals surface area contributed by atoms with Gasteiger partial charge in [0.1, 0.15) is 0 Å². The van der Waals surface area contributed by atoms with E-state index >= 15 is 0 Å². The fourth-order valence-electron chi connectivity index (χ4n) is 1.17. The summed E-state index contributed by atoms with van der Waals surface area (Å²) >= 11 is 0. The molecule has 0 aromatic carbocycles.